The van der Waals surface area contributed by atoms with E-state index < -0.39 is 16.1 Å². The van der Waals surface area contributed by atoms with E-state index in [1.165, 1.54) is 42.7 Å². The lowest BCUT2D eigenvalue weighted by molar-refractivity contribution is -0.141. The average Bonchev–Trinajstić information content (AvgIpc) is 3.03. The van der Waals surface area contributed by atoms with Crippen molar-refractivity contribution >= 4 is 21.8 Å². The molecule has 7 nitrogen and oxygen atoms in total. The maximum atomic E-state index is 13.9. The summed E-state index contributed by atoms with van der Waals surface area (Å²) >= 11 is 0. The molecule has 9 heteroatoms. The van der Waals surface area contributed by atoms with Crippen LogP contribution >= 0.6 is 0 Å². The van der Waals surface area contributed by atoms with Crippen LogP contribution in [0.15, 0.2) is 95.4 Å². The molecule has 0 aliphatic heterocycles. The van der Waals surface area contributed by atoms with Gasteiger partial charge in [-0.15, -0.1) is 0 Å². The number of halogens is 1. The normalized spacial score (nSPS) is 14.0. The van der Waals surface area contributed by atoms with Gasteiger partial charge in [0, 0.05) is 32.5 Å². The van der Waals surface area contributed by atoms with Crippen molar-refractivity contribution in [3.8, 4) is 0 Å². The highest BCUT2D eigenvalue weighted by Gasteiger charge is 2.30. The Kier molecular flexibility index (Phi) is 12.3. The van der Waals surface area contributed by atoms with Gasteiger partial charge in [0.25, 0.3) is 0 Å². The van der Waals surface area contributed by atoms with Crippen LogP contribution < -0.4 is 10.0 Å². The van der Waals surface area contributed by atoms with Crippen molar-refractivity contribution < 1.29 is 22.4 Å². The van der Waals surface area contributed by atoms with Gasteiger partial charge in [-0.1, -0.05) is 73.2 Å². The number of rotatable bonds is 15. The Morgan fingerprint density at radius 3 is 2.25 bits per heavy atom. The predicted octanol–water partition coefficient (Wildman–Crippen LogP) is 5.70. The lowest BCUT2D eigenvalue weighted by Gasteiger charge is -2.32. The molecule has 0 fully saturated rings. The van der Waals surface area contributed by atoms with Crippen LogP contribution in [0.3, 0.4) is 0 Å². The van der Waals surface area contributed by atoms with Gasteiger partial charge >= 0.3 is 0 Å². The van der Waals surface area contributed by atoms with E-state index in [1.807, 2.05) is 30.3 Å². The molecular formula is C35H42FN3O4S. The van der Waals surface area contributed by atoms with Gasteiger partial charge in [-0.2, -0.15) is 0 Å². The zero-order valence-corrected chi connectivity index (χ0v) is 26.1. The maximum absolute atomic E-state index is 13.9. The highest BCUT2D eigenvalue weighted by atomic mass is 32.2. The van der Waals surface area contributed by atoms with Crippen molar-refractivity contribution in [2.45, 2.75) is 75.8 Å². The third-order valence-corrected chi connectivity index (χ3v) is 9.42. The van der Waals surface area contributed by atoms with Gasteiger partial charge in [-0.25, -0.2) is 17.5 Å². The lowest BCUT2D eigenvalue weighted by Crippen LogP contribution is -2.50. The Balaban J connectivity index is 1.54. The number of nitrogens with one attached hydrogen (secondary N) is 2. The molecule has 234 valence electrons. The van der Waals surface area contributed by atoms with Gasteiger partial charge < -0.3 is 10.2 Å². The molecule has 1 aliphatic carbocycles. The molecule has 2 N–H and O–H groups in total. The molecule has 4 rings (SSSR count). The maximum Gasteiger partial charge on any atom is 0.243 e. The number of carbonyl (C=O) groups excluding carboxylic acids is 2. The molecule has 0 saturated carbocycles. The minimum atomic E-state index is -3.57. The molecule has 0 radical (unpaired) electrons. The lowest BCUT2D eigenvalue weighted by atomic mass is 9.97. The quantitative estimate of drug-likeness (QED) is 0.213. The van der Waals surface area contributed by atoms with Crippen LogP contribution in [-0.2, 0) is 39.0 Å². The topological polar surface area (TPSA) is 95.6 Å². The van der Waals surface area contributed by atoms with Gasteiger partial charge in [0.2, 0.25) is 21.8 Å². The molecule has 0 heterocycles. The first kappa shape index (κ1) is 33.1. The van der Waals surface area contributed by atoms with Crippen LogP contribution in [0.1, 0.15) is 62.1 Å². The third kappa shape index (κ3) is 9.86. The number of amides is 2. The summed E-state index contributed by atoms with van der Waals surface area (Å²) in [6, 6.07) is 21.3. The molecule has 0 spiro atoms. The first-order valence-electron chi connectivity index (χ1n) is 15.4. The van der Waals surface area contributed by atoms with E-state index in [9.17, 15) is 22.4 Å². The number of aryl methyl sites for hydroxylation is 1. The first-order chi connectivity index (χ1) is 21.2. The minimum absolute atomic E-state index is 0.117. The summed E-state index contributed by atoms with van der Waals surface area (Å²) < 4.78 is 40.8. The largest absolute Gasteiger partial charge is 0.354 e. The van der Waals surface area contributed by atoms with E-state index >= 15 is 0 Å². The van der Waals surface area contributed by atoms with Crippen molar-refractivity contribution in [3.63, 3.8) is 0 Å². The highest BCUT2D eigenvalue weighted by molar-refractivity contribution is 7.89. The van der Waals surface area contributed by atoms with Crippen LogP contribution in [0.5, 0.6) is 0 Å². The zero-order chi connectivity index (χ0) is 31.4. The van der Waals surface area contributed by atoms with E-state index in [1.54, 1.807) is 36.1 Å². The third-order valence-electron chi connectivity index (χ3n) is 7.86. The molecular weight excluding hydrogens is 577 g/mol. The van der Waals surface area contributed by atoms with E-state index in [2.05, 4.69) is 16.1 Å². The Hall–Kier alpha value is -3.82. The number of nitrogens with zero attached hydrogens (tertiary/aromatic N) is 1. The molecule has 2 amide bonds. The van der Waals surface area contributed by atoms with E-state index in [-0.39, 0.29) is 42.0 Å². The molecule has 0 bridgehead atoms. The standard InChI is InChI=1S/C35H42FN3O4S/c1-2-38-44(42,43)32-20-15-28(16-21-32)17-22-34(40)39(26-30-13-18-31(36)19-14-30)33(25-29-11-7-4-8-12-29)35(41)37-24-23-27-9-5-3-6-10-27/h4,7-9,11-16,18-21,33,38H,2-3,5-6,10,17,22-26H2,1H3,(H,37,41)/t33-/m1/s1. The van der Waals surface area contributed by atoms with Crippen molar-refractivity contribution in [1.29, 1.82) is 0 Å². The van der Waals surface area contributed by atoms with Crippen molar-refractivity contribution in [1.82, 2.24) is 14.9 Å². The minimum Gasteiger partial charge on any atom is -0.354 e. The molecule has 0 unspecified atom stereocenters. The van der Waals surface area contributed by atoms with E-state index in [0.29, 0.717) is 19.4 Å². The average molecular weight is 620 g/mol. The van der Waals surface area contributed by atoms with Crippen LogP contribution in [-0.4, -0.2) is 44.3 Å². The van der Waals surface area contributed by atoms with Gasteiger partial charge in [-0.05, 0) is 79.5 Å². The fourth-order valence-electron chi connectivity index (χ4n) is 5.44. The van der Waals surface area contributed by atoms with Crippen LogP contribution in [0.25, 0.3) is 0 Å². The zero-order valence-electron chi connectivity index (χ0n) is 25.3. The Morgan fingerprint density at radius 2 is 1.59 bits per heavy atom. The van der Waals surface area contributed by atoms with Gasteiger partial charge in [0.15, 0.2) is 0 Å². The Labute approximate surface area is 260 Å². The second-order valence-electron chi connectivity index (χ2n) is 11.1. The number of hydrogen-bond donors (Lipinski definition) is 2. The number of allylic oxidation sites excluding steroid dienone is 1. The molecule has 3 aromatic carbocycles. The number of hydrogen-bond acceptors (Lipinski definition) is 4. The van der Waals surface area contributed by atoms with Crippen molar-refractivity contribution in [2.24, 2.45) is 0 Å². The van der Waals surface area contributed by atoms with Gasteiger partial charge in [0.1, 0.15) is 11.9 Å². The summed E-state index contributed by atoms with van der Waals surface area (Å²) in [5.41, 5.74) is 3.81. The number of sulfonamides is 1. The monoisotopic (exact) mass is 619 g/mol. The number of carbonyl (C=O) groups is 2. The summed E-state index contributed by atoms with van der Waals surface area (Å²) in [6.07, 6.45) is 8.38. The summed E-state index contributed by atoms with van der Waals surface area (Å²) in [6.45, 7) is 2.65. The molecule has 3 aromatic rings. The molecule has 0 saturated heterocycles. The van der Waals surface area contributed by atoms with E-state index in [0.717, 1.165) is 36.0 Å². The van der Waals surface area contributed by atoms with Crippen LogP contribution in [0.2, 0.25) is 0 Å². The van der Waals surface area contributed by atoms with Gasteiger partial charge in [-0.3, -0.25) is 9.59 Å². The molecule has 44 heavy (non-hydrogen) atoms. The summed E-state index contributed by atoms with van der Waals surface area (Å²) in [5, 5.41) is 3.09. The van der Waals surface area contributed by atoms with Crippen LogP contribution in [0.4, 0.5) is 4.39 Å². The predicted molar refractivity (Wildman–Crippen MR) is 171 cm³/mol. The summed E-state index contributed by atoms with van der Waals surface area (Å²) in [5.74, 6) is -0.815. The molecule has 0 aromatic heterocycles. The second-order valence-corrected chi connectivity index (χ2v) is 12.9. The SMILES string of the molecule is CCNS(=O)(=O)c1ccc(CCC(=O)N(Cc2ccc(F)cc2)[C@H](Cc2ccccc2)C(=O)NCCC2=CCCCC2)cc1. The number of benzene rings is 3. The van der Waals surface area contributed by atoms with Gasteiger partial charge in [0.05, 0.1) is 4.90 Å². The Morgan fingerprint density at radius 1 is 0.886 bits per heavy atom. The summed E-state index contributed by atoms with van der Waals surface area (Å²) in [4.78, 5) is 29.5. The second kappa shape index (κ2) is 16.3. The fourth-order valence-corrected chi connectivity index (χ4v) is 6.48. The van der Waals surface area contributed by atoms with Crippen molar-refractivity contribution in [3.05, 3.63) is 113 Å². The highest BCUT2D eigenvalue weighted by Crippen LogP contribution is 2.21. The first-order valence-corrected chi connectivity index (χ1v) is 16.9. The van der Waals surface area contributed by atoms with E-state index in [4.69, 9.17) is 0 Å². The Bertz CT molecular complexity index is 1510. The fraction of sp³-hybridized carbons (Fsp3) is 0.371. The molecule has 1 aliphatic rings. The van der Waals surface area contributed by atoms with Crippen molar-refractivity contribution in [2.75, 3.05) is 13.1 Å². The van der Waals surface area contributed by atoms with Crippen LogP contribution in [0, 0.1) is 5.82 Å². The smallest absolute Gasteiger partial charge is 0.243 e. The molecule has 1 atom stereocenters. The summed E-state index contributed by atoms with van der Waals surface area (Å²) in [7, 11) is -3.57.